The van der Waals surface area contributed by atoms with Crippen LogP contribution in [0.15, 0.2) is 71.9 Å². The number of thiophene rings is 1. The molecule has 2 N–H and O–H groups in total. The zero-order valence-corrected chi connectivity index (χ0v) is 15.6. The maximum atomic E-state index is 12.7. The first-order valence-corrected chi connectivity index (χ1v) is 9.32. The Bertz CT molecular complexity index is 951. The summed E-state index contributed by atoms with van der Waals surface area (Å²) in [6, 6.07) is 16.5. The Morgan fingerprint density at radius 2 is 1.89 bits per heavy atom. The number of nitrogens with zero attached hydrogens (tertiary/aromatic N) is 1. The highest BCUT2D eigenvalue weighted by Gasteiger charge is 2.16. The summed E-state index contributed by atoms with van der Waals surface area (Å²) < 4.78 is 0. The third kappa shape index (κ3) is 5.12. The molecule has 136 valence electrons. The van der Waals surface area contributed by atoms with Gasteiger partial charge >= 0.3 is 0 Å². The number of amides is 2. The minimum Gasteiger partial charge on any atom is -0.345 e. The smallest absolute Gasteiger partial charge is 0.268 e. The lowest BCUT2D eigenvalue weighted by molar-refractivity contribution is -0.117. The van der Waals surface area contributed by atoms with Crippen molar-refractivity contribution in [2.24, 2.45) is 0 Å². The Labute approximate surface area is 161 Å². The first-order chi connectivity index (χ1) is 13.1. The zero-order chi connectivity index (χ0) is 19.1. The minimum absolute atomic E-state index is 0.196. The van der Waals surface area contributed by atoms with Gasteiger partial charge in [0.25, 0.3) is 11.8 Å². The maximum absolute atomic E-state index is 12.7. The van der Waals surface area contributed by atoms with E-state index in [9.17, 15) is 9.59 Å². The van der Waals surface area contributed by atoms with E-state index in [0.29, 0.717) is 5.56 Å². The van der Waals surface area contributed by atoms with Gasteiger partial charge in [0.15, 0.2) is 0 Å². The van der Waals surface area contributed by atoms with Crippen molar-refractivity contribution in [2.45, 2.75) is 13.5 Å². The van der Waals surface area contributed by atoms with E-state index in [1.165, 1.54) is 11.3 Å². The molecule has 0 saturated carbocycles. The van der Waals surface area contributed by atoms with Gasteiger partial charge in [-0.3, -0.25) is 14.6 Å². The number of hydrogen-bond donors (Lipinski definition) is 2. The molecule has 0 atom stereocenters. The van der Waals surface area contributed by atoms with E-state index in [1.54, 1.807) is 24.4 Å². The molecule has 3 aromatic rings. The van der Waals surface area contributed by atoms with E-state index in [4.69, 9.17) is 0 Å². The molecule has 0 aliphatic heterocycles. The Morgan fingerprint density at radius 3 is 2.59 bits per heavy atom. The summed E-state index contributed by atoms with van der Waals surface area (Å²) >= 11 is 1.49. The number of carbonyl (C=O) groups excluding carboxylic acids is 2. The Kier molecular flexibility index (Phi) is 6.12. The molecule has 0 spiro atoms. The van der Waals surface area contributed by atoms with Crippen LogP contribution in [-0.2, 0) is 11.3 Å². The van der Waals surface area contributed by atoms with Gasteiger partial charge in [-0.15, -0.1) is 11.3 Å². The molecule has 3 rings (SSSR count). The van der Waals surface area contributed by atoms with Crippen LogP contribution in [0.2, 0.25) is 0 Å². The summed E-state index contributed by atoms with van der Waals surface area (Å²) in [6.07, 6.45) is 3.35. The van der Waals surface area contributed by atoms with Crippen LogP contribution >= 0.6 is 11.3 Å². The van der Waals surface area contributed by atoms with E-state index in [0.717, 1.165) is 16.1 Å². The number of rotatable bonds is 6. The second-order valence-corrected chi connectivity index (χ2v) is 6.83. The summed E-state index contributed by atoms with van der Waals surface area (Å²) in [7, 11) is 0. The number of aromatic nitrogens is 1. The number of benzene rings is 1. The topological polar surface area (TPSA) is 71.1 Å². The number of pyridine rings is 1. The van der Waals surface area contributed by atoms with Gasteiger partial charge in [-0.2, -0.15) is 0 Å². The molecule has 2 amide bonds. The van der Waals surface area contributed by atoms with Gasteiger partial charge in [-0.25, -0.2) is 0 Å². The van der Waals surface area contributed by atoms with Gasteiger partial charge < -0.3 is 10.6 Å². The van der Waals surface area contributed by atoms with Crippen LogP contribution in [0, 0.1) is 6.92 Å². The van der Waals surface area contributed by atoms with Gasteiger partial charge in [0.2, 0.25) is 0 Å². The second kappa shape index (κ2) is 8.91. The lowest BCUT2D eigenvalue weighted by Crippen LogP contribution is -2.35. The minimum atomic E-state index is -0.365. The first-order valence-electron chi connectivity index (χ1n) is 8.44. The normalized spacial score (nSPS) is 11.1. The molecule has 27 heavy (non-hydrogen) atoms. The van der Waals surface area contributed by atoms with Crippen LogP contribution < -0.4 is 10.6 Å². The Balaban J connectivity index is 1.78. The standard InChI is InChI=1S/C21H19N3O2S/c1-15-7-2-3-10-18(15)20(25)24-19(13-17-9-6-12-27-17)21(26)23-14-16-8-4-5-11-22-16/h2-13H,14H2,1H3,(H,23,26)(H,24,25)/b19-13-. The van der Waals surface area contributed by atoms with Crippen LogP contribution in [0.25, 0.3) is 6.08 Å². The fourth-order valence-corrected chi connectivity index (χ4v) is 3.12. The van der Waals surface area contributed by atoms with Gasteiger partial charge in [0.05, 0.1) is 12.2 Å². The van der Waals surface area contributed by atoms with Gasteiger partial charge in [0.1, 0.15) is 5.70 Å². The molecule has 0 saturated heterocycles. The van der Waals surface area contributed by atoms with Crippen LogP contribution in [0.4, 0.5) is 0 Å². The van der Waals surface area contributed by atoms with E-state index in [-0.39, 0.29) is 24.1 Å². The molecule has 6 heteroatoms. The van der Waals surface area contributed by atoms with Crippen molar-refractivity contribution < 1.29 is 9.59 Å². The van der Waals surface area contributed by atoms with E-state index in [2.05, 4.69) is 15.6 Å². The maximum Gasteiger partial charge on any atom is 0.268 e. The number of carbonyl (C=O) groups is 2. The molecule has 0 unspecified atom stereocenters. The highest BCUT2D eigenvalue weighted by Crippen LogP contribution is 2.14. The number of aryl methyl sites for hydroxylation is 1. The van der Waals surface area contributed by atoms with E-state index < -0.39 is 0 Å². The molecular weight excluding hydrogens is 358 g/mol. The van der Waals surface area contributed by atoms with Crippen LogP contribution in [0.1, 0.15) is 26.5 Å². The fraction of sp³-hybridized carbons (Fsp3) is 0.0952. The lowest BCUT2D eigenvalue weighted by atomic mass is 10.1. The highest BCUT2D eigenvalue weighted by atomic mass is 32.1. The van der Waals surface area contributed by atoms with Crippen LogP contribution in [0.3, 0.4) is 0 Å². The molecular formula is C21H19N3O2S. The Hall–Kier alpha value is -3.25. The van der Waals surface area contributed by atoms with Crippen molar-refractivity contribution >= 4 is 29.2 Å². The lowest BCUT2D eigenvalue weighted by Gasteiger charge is -2.12. The summed E-state index contributed by atoms with van der Waals surface area (Å²) in [4.78, 5) is 30.4. The molecule has 0 aliphatic rings. The predicted octanol–water partition coefficient (Wildman–Crippen LogP) is 3.54. The molecule has 0 aliphatic carbocycles. The largest absolute Gasteiger partial charge is 0.345 e. The molecule has 2 heterocycles. The average molecular weight is 377 g/mol. The first kappa shape index (κ1) is 18.5. The Morgan fingerprint density at radius 1 is 1.07 bits per heavy atom. The van der Waals surface area contributed by atoms with E-state index >= 15 is 0 Å². The van der Waals surface area contributed by atoms with Crippen LogP contribution in [-0.4, -0.2) is 16.8 Å². The predicted molar refractivity (Wildman–Crippen MR) is 107 cm³/mol. The molecule has 5 nitrogen and oxygen atoms in total. The third-order valence-corrected chi connectivity index (χ3v) is 4.69. The second-order valence-electron chi connectivity index (χ2n) is 5.85. The molecule has 0 radical (unpaired) electrons. The van der Waals surface area contributed by atoms with Crippen molar-refractivity contribution in [1.82, 2.24) is 15.6 Å². The van der Waals surface area contributed by atoms with Crippen LogP contribution in [0.5, 0.6) is 0 Å². The molecule has 0 bridgehead atoms. The highest BCUT2D eigenvalue weighted by molar-refractivity contribution is 7.10. The summed E-state index contributed by atoms with van der Waals surface area (Å²) in [6.45, 7) is 2.14. The SMILES string of the molecule is Cc1ccccc1C(=O)N/C(=C\c1cccs1)C(=O)NCc1ccccn1. The molecule has 1 aromatic carbocycles. The molecule has 0 fully saturated rings. The number of nitrogens with one attached hydrogen (secondary N) is 2. The average Bonchev–Trinajstić information content (AvgIpc) is 3.20. The van der Waals surface area contributed by atoms with Crippen molar-refractivity contribution in [2.75, 3.05) is 0 Å². The number of hydrogen-bond acceptors (Lipinski definition) is 4. The summed E-state index contributed by atoms with van der Waals surface area (Å²) in [5.74, 6) is -0.681. The van der Waals surface area contributed by atoms with E-state index in [1.807, 2.05) is 54.8 Å². The summed E-state index contributed by atoms with van der Waals surface area (Å²) in [5, 5.41) is 7.46. The van der Waals surface area contributed by atoms with Crippen molar-refractivity contribution in [3.8, 4) is 0 Å². The fourth-order valence-electron chi connectivity index (χ4n) is 2.46. The van der Waals surface area contributed by atoms with Crippen molar-refractivity contribution in [3.63, 3.8) is 0 Å². The van der Waals surface area contributed by atoms with Gasteiger partial charge in [-0.1, -0.05) is 30.3 Å². The van der Waals surface area contributed by atoms with Crippen molar-refractivity contribution in [1.29, 1.82) is 0 Å². The quantitative estimate of drug-likeness (QED) is 0.646. The van der Waals surface area contributed by atoms with Gasteiger partial charge in [0, 0.05) is 16.6 Å². The molecule has 2 aromatic heterocycles. The monoisotopic (exact) mass is 377 g/mol. The third-order valence-electron chi connectivity index (χ3n) is 3.87. The van der Waals surface area contributed by atoms with Gasteiger partial charge in [-0.05, 0) is 48.2 Å². The van der Waals surface area contributed by atoms with Crippen molar-refractivity contribution in [3.05, 3.63) is 93.6 Å². The summed E-state index contributed by atoms with van der Waals surface area (Å²) in [5.41, 5.74) is 2.32. The zero-order valence-electron chi connectivity index (χ0n) is 14.8.